The number of thiophene rings is 1. The van der Waals surface area contributed by atoms with Crippen molar-refractivity contribution >= 4 is 33.2 Å². The summed E-state index contributed by atoms with van der Waals surface area (Å²) in [6.45, 7) is 2.74. The number of nitrogens with zero attached hydrogens (tertiary/aromatic N) is 2. The number of hydrogen-bond acceptors (Lipinski definition) is 5. The summed E-state index contributed by atoms with van der Waals surface area (Å²) in [4.78, 5) is 28.8. The van der Waals surface area contributed by atoms with Crippen molar-refractivity contribution < 1.29 is 18.0 Å². The number of amides is 2. The first-order chi connectivity index (χ1) is 17.4. The first-order valence-electron chi connectivity index (χ1n) is 12.1. The van der Waals surface area contributed by atoms with Gasteiger partial charge >= 0.3 is 0 Å². The molecule has 0 radical (unpaired) electrons. The molecule has 2 heterocycles. The van der Waals surface area contributed by atoms with Crippen LogP contribution in [0.15, 0.2) is 82.4 Å². The van der Waals surface area contributed by atoms with Gasteiger partial charge in [-0.25, -0.2) is 8.42 Å². The van der Waals surface area contributed by atoms with Gasteiger partial charge < -0.3 is 10.2 Å². The van der Waals surface area contributed by atoms with Crippen LogP contribution in [0.3, 0.4) is 0 Å². The molecule has 0 spiro atoms. The van der Waals surface area contributed by atoms with E-state index >= 15 is 0 Å². The van der Waals surface area contributed by atoms with Crippen LogP contribution in [0, 0.1) is 0 Å². The molecule has 1 saturated heterocycles. The van der Waals surface area contributed by atoms with Crippen molar-refractivity contribution in [3.05, 3.63) is 89.3 Å². The molecule has 1 aliphatic heterocycles. The van der Waals surface area contributed by atoms with Crippen molar-refractivity contribution in [1.82, 2.24) is 14.5 Å². The number of carbonyl (C=O) groups is 2. The summed E-state index contributed by atoms with van der Waals surface area (Å²) >= 11 is 1.12. The third-order valence-corrected chi connectivity index (χ3v) is 9.63. The van der Waals surface area contributed by atoms with Gasteiger partial charge in [-0.05, 0) is 29.0 Å². The van der Waals surface area contributed by atoms with Crippen LogP contribution in [0.2, 0.25) is 0 Å². The lowest BCUT2D eigenvalue weighted by atomic mass is 9.89. The molecule has 7 nitrogen and oxygen atoms in total. The van der Waals surface area contributed by atoms with E-state index in [-0.39, 0.29) is 35.7 Å². The molecule has 1 aliphatic rings. The number of rotatable bonds is 9. The SMILES string of the molecule is CCCCNC(=O)C1CN(C(=O)C(c2ccccc2)c2ccccc2)CCN1S(=O)(=O)c1cccs1. The van der Waals surface area contributed by atoms with Gasteiger partial charge in [-0.15, -0.1) is 11.3 Å². The Labute approximate surface area is 216 Å². The summed E-state index contributed by atoms with van der Waals surface area (Å²) in [5.74, 6) is -1.07. The van der Waals surface area contributed by atoms with Crippen LogP contribution in [0.1, 0.15) is 36.8 Å². The van der Waals surface area contributed by atoms with Crippen LogP contribution >= 0.6 is 11.3 Å². The van der Waals surface area contributed by atoms with Gasteiger partial charge in [0.2, 0.25) is 11.8 Å². The Balaban J connectivity index is 1.64. The molecule has 1 aromatic heterocycles. The van der Waals surface area contributed by atoms with E-state index in [0.717, 1.165) is 35.3 Å². The van der Waals surface area contributed by atoms with Crippen LogP contribution in [-0.2, 0) is 19.6 Å². The topological polar surface area (TPSA) is 86.8 Å². The molecule has 0 saturated carbocycles. The predicted octanol–water partition coefficient (Wildman–Crippen LogP) is 3.70. The Morgan fingerprint density at radius 1 is 0.972 bits per heavy atom. The number of carbonyl (C=O) groups excluding carboxylic acids is 2. The lowest BCUT2D eigenvalue weighted by molar-refractivity contribution is -0.136. The van der Waals surface area contributed by atoms with Gasteiger partial charge in [0.1, 0.15) is 10.3 Å². The van der Waals surface area contributed by atoms with Crippen molar-refractivity contribution in [2.75, 3.05) is 26.2 Å². The van der Waals surface area contributed by atoms with Gasteiger partial charge in [-0.2, -0.15) is 4.31 Å². The van der Waals surface area contributed by atoms with E-state index in [9.17, 15) is 18.0 Å². The van der Waals surface area contributed by atoms with Crippen LogP contribution in [0.4, 0.5) is 0 Å². The zero-order valence-electron chi connectivity index (χ0n) is 20.2. The van der Waals surface area contributed by atoms with Gasteiger partial charge in [0.05, 0.1) is 5.92 Å². The van der Waals surface area contributed by atoms with E-state index in [1.54, 1.807) is 22.4 Å². The summed E-state index contributed by atoms with van der Waals surface area (Å²) in [7, 11) is -3.86. The summed E-state index contributed by atoms with van der Waals surface area (Å²) in [5, 5.41) is 4.57. The van der Waals surface area contributed by atoms with Crippen molar-refractivity contribution in [2.24, 2.45) is 0 Å². The second-order valence-corrected chi connectivity index (χ2v) is 11.8. The molecule has 4 rings (SSSR count). The fourth-order valence-electron chi connectivity index (χ4n) is 4.45. The molecule has 36 heavy (non-hydrogen) atoms. The molecule has 190 valence electrons. The average molecular weight is 526 g/mol. The highest BCUT2D eigenvalue weighted by Gasteiger charge is 2.42. The molecule has 2 amide bonds. The first kappa shape index (κ1) is 26.1. The van der Waals surface area contributed by atoms with Crippen molar-refractivity contribution in [2.45, 2.75) is 35.9 Å². The van der Waals surface area contributed by atoms with Crippen LogP contribution in [0.25, 0.3) is 0 Å². The normalized spacial score (nSPS) is 16.7. The number of unbranched alkanes of at least 4 members (excludes halogenated alkanes) is 1. The summed E-state index contributed by atoms with van der Waals surface area (Å²) in [6.07, 6.45) is 1.70. The van der Waals surface area contributed by atoms with E-state index in [0.29, 0.717) is 6.54 Å². The molecule has 1 atom stereocenters. The molecular formula is C27H31N3O4S2. The second kappa shape index (κ2) is 11.8. The van der Waals surface area contributed by atoms with Gasteiger partial charge in [-0.1, -0.05) is 80.1 Å². The van der Waals surface area contributed by atoms with Crippen LogP contribution in [-0.4, -0.2) is 61.7 Å². The van der Waals surface area contributed by atoms with E-state index < -0.39 is 22.0 Å². The Morgan fingerprint density at radius 2 is 1.61 bits per heavy atom. The number of piperazine rings is 1. The summed E-state index contributed by atoms with van der Waals surface area (Å²) in [6, 6.07) is 21.3. The molecule has 3 aromatic rings. The minimum absolute atomic E-state index is 0.00242. The van der Waals surface area contributed by atoms with Gasteiger partial charge in [0.15, 0.2) is 0 Å². The first-order valence-corrected chi connectivity index (χ1v) is 14.5. The third-order valence-electron chi connectivity index (χ3n) is 6.35. The van der Waals surface area contributed by atoms with Gasteiger partial charge in [0, 0.05) is 26.2 Å². The molecule has 9 heteroatoms. The van der Waals surface area contributed by atoms with Crippen LogP contribution in [0.5, 0.6) is 0 Å². The number of benzene rings is 2. The quantitative estimate of drug-likeness (QED) is 0.432. The van der Waals surface area contributed by atoms with E-state index in [1.807, 2.05) is 67.6 Å². The van der Waals surface area contributed by atoms with Crippen LogP contribution < -0.4 is 5.32 Å². The van der Waals surface area contributed by atoms with Crippen molar-refractivity contribution in [1.29, 1.82) is 0 Å². The zero-order chi connectivity index (χ0) is 25.5. The summed E-state index contributed by atoms with van der Waals surface area (Å²) in [5.41, 5.74) is 1.71. The molecule has 1 fully saturated rings. The Morgan fingerprint density at radius 3 is 2.17 bits per heavy atom. The molecule has 0 aliphatic carbocycles. The number of sulfonamides is 1. The van der Waals surface area contributed by atoms with Crippen molar-refractivity contribution in [3.63, 3.8) is 0 Å². The standard InChI is InChI=1S/C27H31N3O4S2/c1-2-3-16-28-26(31)23-20-29(17-18-30(23)36(33,34)24-15-10-19-35-24)27(32)25(21-11-6-4-7-12-21)22-13-8-5-9-14-22/h4-15,19,23,25H,2-3,16-18,20H2,1H3,(H,28,31). The second-order valence-electron chi connectivity index (χ2n) is 8.75. The predicted molar refractivity (Wildman–Crippen MR) is 141 cm³/mol. The smallest absolute Gasteiger partial charge is 0.253 e. The zero-order valence-corrected chi connectivity index (χ0v) is 21.9. The molecule has 0 bridgehead atoms. The van der Waals surface area contributed by atoms with Gasteiger partial charge in [-0.3, -0.25) is 9.59 Å². The van der Waals surface area contributed by atoms with E-state index in [2.05, 4.69) is 5.32 Å². The van der Waals surface area contributed by atoms with E-state index in [1.165, 1.54) is 4.31 Å². The molecule has 1 unspecified atom stereocenters. The Hall–Kier alpha value is -3.01. The van der Waals surface area contributed by atoms with E-state index in [4.69, 9.17) is 0 Å². The Bertz CT molecular complexity index is 1210. The lowest BCUT2D eigenvalue weighted by Crippen LogP contribution is -2.61. The highest BCUT2D eigenvalue weighted by Crippen LogP contribution is 2.30. The number of nitrogens with one attached hydrogen (secondary N) is 1. The fourth-order valence-corrected chi connectivity index (χ4v) is 7.14. The monoisotopic (exact) mass is 525 g/mol. The average Bonchev–Trinajstić information content (AvgIpc) is 3.46. The summed E-state index contributed by atoms with van der Waals surface area (Å²) < 4.78 is 28.2. The molecular weight excluding hydrogens is 494 g/mol. The lowest BCUT2D eigenvalue weighted by Gasteiger charge is -2.40. The number of hydrogen-bond donors (Lipinski definition) is 1. The minimum atomic E-state index is -3.86. The molecule has 2 aromatic carbocycles. The third kappa shape index (κ3) is 5.69. The minimum Gasteiger partial charge on any atom is -0.355 e. The largest absolute Gasteiger partial charge is 0.355 e. The Kier molecular flexibility index (Phi) is 8.56. The maximum absolute atomic E-state index is 13.9. The fraction of sp³-hybridized carbons (Fsp3) is 0.333. The maximum atomic E-state index is 13.9. The van der Waals surface area contributed by atoms with Gasteiger partial charge in [0.25, 0.3) is 10.0 Å². The highest BCUT2D eigenvalue weighted by atomic mass is 32.2. The highest BCUT2D eigenvalue weighted by molar-refractivity contribution is 7.91. The van der Waals surface area contributed by atoms with Crippen molar-refractivity contribution in [3.8, 4) is 0 Å². The molecule has 1 N–H and O–H groups in total. The maximum Gasteiger partial charge on any atom is 0.253 e.